The number of hydrogen-bond acceptors (Lipinski definition) is 5. The number of hydrogen-bond donors (Lipinski definition) is 1. The minimum Gasteiger partial charge on any atom is -0.382 e. The van der Waals surface area contributed by atoms with Crippen molar-refractivity contribution in [2.75, 3.05) is 5.32 Å². The molecule has 2 aromatic carbocycles. The lowest BCUT2D eigenvalue weighted by atomic mass is 9.92. The van der Waals surface area contributed by atoms with Crippen molar-refractivity contribution < 1.29 is 9.63 Å². The summed E-state index contributed by atoms with van der Waals surface area (Å²) in [7, 11) is 0. The molecule has 0 bridgehead atoms. The molecular formula is C23H18N4O2. The lowest BCUT2D eigenvalue weighted by molar-refractivity contribution is -0.125. The summed E-state index contributed by atoms with van der Waals surface area (Å²) in [6, 6.07) is 22.9. The van der Waals surface area contributed by atoms with E-state index >= 15 is 0 Å². The maximum absolute atomic E-state index is 12.5. The molecule has 6 nitrogen and oxygen atoms in total. The van der Waals surface area contributed by atoms with E-state index in [0.717, 1.165) is 16.7 Å². The second-order valence-electron chi connectivity index (χ2n) is 6.66. The van der Waals surface area contributed by atoms with Gasteiger partial charge in [0.05, 0.1) is 17.7 Å². The topological polar surface area (TPSA) is 87.4 Å². The van der Waals surface area contributed by atoms with Gasteiger partial charge in [-0.1, -0.05) is 47.6 Å². The van der Waals surface area contributed by atoms with Gasteiger partial charge in [-0.25, -0.2) is 0 Å². The molecule has 0 aliphatic carbocycles. The van der Waals surface area contributed by atoms with Gasteiger partial charge in [0.2, 0.25) is 6.10 Å². The zero-order chi connectivity index (χ0) is 20.1. The maximum atomic E-state index is 12.5. The molecule has 2 atom stereocenters. The Hall–Kier alpha value is -3.98. The highest BCUT2D eigenvalue weighted by Crippen LogP contribution is 2.25. The van der Waals surface area contributed by atoms with Gasteiger partial charge >= 0.3 is 0 Å². The van der Waals surface area contributed by atoms with Crippen LogP contribution in [-0.2, 0) is 9.63 Å². The number of nitrogens with one attached hydrogen (secondary N) is 1. The molecule has 2 unspecified atom stereocenters. The Balaban J connectivity index is 1.39. The predicted molar refractivity (Wildman–Crippen MR) is 109 cm³/mol. The molecule has 142 valence electrons. The fourth-order valence-electron chi connectivity index (χ4n) is 3.19. The second-order valence-corrected chi connectivity index (χ2v) is 6.66. The number of benzene rings is 2. The number of amides is 1. The Morgan fingerprint density at radius 1 is 1.07 bits per heavy atom. The molecule has 3 aromatic rings. The summed E-state index contributed by atoms with van der Waals surface area (Å²) < 4.78 is 0. The van der Waals surface area contributed by atoms with Crippen LogP contribution < -0.4 is 5.32 Å². The van der Waals surface area contributed by atoms with Gasteiger partial charge in [0.25, 0.3) is 5.91 Å². The van der Waals surface area contributed by atoms with Crippen molar-refractivity contribution in [3.05, 3.63) is 95.8 Å². The van der Waals surface area contributed by atoms with Crippen molar-refractivity contribution in [1.82, 2.24) is 4.98 Å². The molecule has 6 heteroatoms. The van der Waals surface area contributed by atoms with Crippen LogP contribution in [0.25, 0.3) is 0 Å². The molecule has 1 N–H and O–H groups in total. The first kappa shape index (κ1) is 18.4. The van der Waals surface area contributed by atoms with Crippen LogP contribution in [0.3, 0.4) is 0 Å². The standard InChI is InChI=1S/C23H18N4O2/c24-14-20(16-5-2-1-3-6-16)17-8-10-19(11-9-17)26-23(28)22-13-21(27-29-22)18-7-4-12-25-15-18/h1-12,15,20,22H,13H2,(H,26,28). The first-order chi connectivity index (χ1) is 14.2. The maximum Gasteiger partial charge on any atom is 0.268 e. The number of rotatable bonds is 5. The van der Waals surface area contributed by atoms with E-state index in [4.69, 9.17) is 4.84 Å². The van der Waals surface area contributed by atoms with Gasteiger partial charge in [0.15, 0.2) is 0 Å². The smallest absolute Gasteiger partial charge is 0.268 e. The summed E-state index contributed by atoms with van der Waals surface area (Å²) in [5, 5.41) is 16.4. The number of nitriles is 1. The van der Waals surface area contributed by atoms with E-state index in [-0.39, 0.29) is 11.8 Å². The van der Waals surface area contributed by atoms with Crippen molar-refractivity contribution in [2.45, 2.75) is 18.4 Å². The molecule has 1 aliphatic heterocycles. The second kappa shape index (κ2) is 8.36. The number of aromatic nitrogens is 1. The Labute approximate surface area is 168 Å². The van der Waals surface area contributed by atoms with Crippen molar-refractivity contribution in [2.24, 2.45) is 5.16 Å². The first-order valence-corrected chi connectivity index (χ1v) is 9.23. The van der Waals surface area contributed by atoms with Crippen molar-refractivity contribution >= 4 is 17.3 Å². The van der Waals surface area contributed by atoms with Crippen LogP contribution in [0.1, 0.15) is 29.0 Å². The molecule has 4 rings (SSSR count). The zero-order valence-electron chi connectivity index (χ0n) is 15.5. The third-order valence-corrected chi connectivity index (χ3v) is 4.73. The monoisotopic (exact) mass is 382 g/mol. The Morgan fingerprint density at radius 2 is 1.83 bits per heavy atom. The number of pyridine rings is 1. The Bertz CT molecular complexity index is 1060. The van der Waals surface area contributed by atoms with Gasteiger partial charge in [-0.3, -0.25) is 9.78 Å². The van der Waals surface area contributed by atoms with Crippen molar-refractivity contribution in [3.8, 4) is 6.07 Å². The highest BCUT2D eigenvalue weighted by Gasteiger charge is 2.29. The van der Waals surface area contributed by atoms with Crippen LogP contribution in [-0.4, -0.2) is 22.7 Å². The van der Waals surface area contributed by atoms with Crippen molar-refractivity contribution in [1.29, 1.82) is 5.26 Å². The highest BCUT2D eigenvalue weighted by atomic mass is 16.6. The number of carbonyl (C=O) groups excluding carboxylic acids is 1. The predicted octanol–water partition coefficient (Wildman–Crippen LogP) is 3.87. The van der Waals surface area contributed by atoms with Gasteiger partial charge in [0.1, 0.15) is 0 Å². The molecule has 1 aliphatic rings. The lowest BCUT2D eigenvalue weighted by Crippen LogP contribution is -2.28. The van der Waals surface area contributed by atoms with Gasteiger partial charge in [-0.15, -0.1) is 0 Å². The third-order valence-electron chi connectivity index (χ3n) is 4.73. The summed E-state index contributed by atoms with van der Waals surface area (Å²) >= 11 is 0. The summed E-state index contributed by atoms with van der Waals surface area (Å²) in [6.07, 6.45) is 3.09. The average molecular weight is 382 g/mol. The lowest BCUT2D eigenvalue weighted by Gasteiger charge is -2.12. The molecule has 0 saturated heterocycles. The number of carbonyl (C=O) groups is 1. The van der Waals surface area contributed by atoms with Crippen LogP contribution in [0.5, 0.6) is 0 Å². The molecule has 1 amide bonds. The number of anilines is 1. The summed E-state index contributed by atoms with van der Waals surface area (Å²) in [4.78, 5) is 21.9. The molecular weight excluding hydrogens is 364 g/mol. The normalized spacial score (nSPS) is 16.2. The summed E-state index contributed by atoms with van der Waals surface area (Å²) in [5.41, 5.74) is 3.99. The molecule has 2 heterocycles. The van der Waals surface area contributed by atoms with Crippen LogP contribution >= 0.6 is 0 Å². The van der Waals surface area contributed by atoms with Crippen LogP contribution in [0.15, 0.2) is 84.3 Å². The van der Waals surface area contributed by atoms with E-state index in [1.807, 2.05) is 54.6 Å². The van der Waals surface area contributed by atoms with E-state index in [0.29, 0.717) is 17.8 Å². The molecule has 0 radical (unpaired) electrons. The third kappa shape index (κ3) is 4.14. The molecule has 0 fully saturated rings. The summed E-state index contributed by atoms with van der Waals surface area (Å²) in [6.45, 7) is 0. The molecule has 0 saturated carbocycles. The minimum absolute atomic E-state index is 0.264. The van der Waals surface area contributed by atoms with E-state index in [2.05, 4.69) is 21.5 Å². The SMILES string of the molecule is N#CC(c1ccccc1)c1ccc(NC(=O)C2CC(c3cccnc3)=NO2)cc1. The quantitative estimate of drug-likeness (QED) is 0.726. The zero-order valence-corrected chi connectivity index (χ0v) is 15.5. The largest absolute Gasteiger partial charge is 0.382 e. The molecule has 0 spiro atoms. The minimum atomic E-state index is -0.680. The van der Waals surface area contributed by atoms with E-state index in [1.165, 1.54) is 0 Å². The van der Waals surface area contributed by atoms with Crippen LogP contribution in [0.2, 0.25) is 0 Å². The van der Waals surface area contributed by atoms with Gasteiger partial charge in [-0.05, 0) is 35.4 Å². The van der Waals surface area contributed by atoms with Crippen molar-refractivity contribution in [3.63, 3.8) is 0 Å². The van der Waals surface area contributed by atoms with E-state index in [1.54, 1.807) is 24.5 Å². The number of oxime groups is 1. The van der Waals surface area contributed by atoms with Crippen LogP contribution in [0, 0.1) is 11.3 Å². The Kier molecular flexibility index (Phi) is 5.30. The highest BCUT2D eigenvalue weighted by molar-refractivity contribution is 6.05. The Morgan fingerprint density at radius 3 is 2.52 bits per heavy atom. The summed E-state index contributed by atoms with van der Waals surface area (Å²) in [5.74, 6) is -0.616. The molecule has 1 aromatic heterocycles. The number of nitrogens with zero attached hydrogens (tertiary/aromatic N) is 3. The van der Waals surface area contributed by atoms with E-state index in [9.17, 15) is 10.1 Å². The fourth-order valence-corrected chi connectivity index (χ4v) is 3.19. The van der Waals surface area contributed by atoms with E-state index < -0.39 is 6.10 Å². The van der Waals surface area contributed by atoms with Gasteiger partial charge < -0.3 is 10.2 Å². The first-order valence-electron chi connectivity index (χ1n) is 9.23. The molecule has 29 heavy (non-hydrogen) atoms. The average Bonchev–Trinajstić information content (AvgIpc) is 3.27. The van der Waals surface area contributed by atoms with Gasteiger partial charge in [-0.2, -0.15) is 5.26 Å². The van der Waals surface area contributed by atoms with Crippen LogP contribution in [0.4, 0.5) is 5.69 Å². The van der Waals surface area contributed by atoms with Gasteiger partial charge in [0, 0.05) is 30.1 Å². The fraction of sp³-hybridized carbons (Fsp3) is 0.130.